The van der Waals surface area contributed by atoms with Crippen molar-refractivity contribution in [1.29, 1.82) is 0 Å². The zero-order chi connectivity index (χ0) is 14.5. The van der Waals surface area contributed by atoms with Crippen molar-refractivity contribution in [3.05, 3.63) is 30.0 Å². The van der Waals surface area contributed by atoms with E-state index in [1.807, 2.05) is 35.9 Å². The molecule has 0 saturated heterocycles. The summed E-state index contributed by atoms with van der Waals surface area (Å²) in [4.78, 5) is 11.9. The van der Waals surface area contributed by atoms with Crippen LogP contribution >= 0.6 is 0 Å². The molecule has 20 heavy (non-hydrogen) atoms. The van der Waals surface area contributed by atoms with Gasteiger partial charge in [0.2, 0.25) is 0 Å². The highest BCUT2D eigenvalue weighted by Gasteiger charge is 2.16. The number of ether oxygens (including phenoxy) is 1. The van der Waals surface area contributed by atoms with Gasteiger partial charge in [0.1, 0.15) is 5.69 Å². The number of carbonyl (C=O) groups excluding carboxylic acids is 1. The number of carbonyl (C=O) groups is 1. The first-order valence-electron chi connectivity index (χ1n) is 6.88. The molecule has 0 saturated carbocycles. The first-order chi connectivity index (χ1) is 9.69. The largest absolute Gasteiger partial charge is 0.461 e. The fourth-order valence-electron chi connectivity index (χ4n) is 2.29. The van der Waals surface area contributed by atoms with E-state index in [-0.39, 0.29) is 5.97 Å². The number of nitrogens with two attached hydrogens (primary N) is 1. The molecule has 1 aromatic carbocycles. The molecule has 0 bridgehead atoms. The first-order valence-corrected chi connectivity index (χ1v) is 6.88. The number of benzene rings is 1. The Bertz CT molecular complexity index is 604. The van der Waals surface area contributed by atoms with E-state index in [0.29, 0.717) is 18.8 Å². The third-order valence-electron chi connectivity index (χ3n) is 3.24. The molecular formula is C15H21N3O2. The third kappa shape index (κ3) is 2.77. The Balaban J connectivity index is 2.38. The van der Waals surface area contributed by atoms with Gasteiger partial charge < -0.3 is 20.4 Å². The summed E-state index contributed by atoms with van der Waals surface area (Å²) in [5.74, 6) is -0.292. The molecule has 0 radical (unpaired) electrons. The molecule has 5 heteroatoms. The quantitative estimate of drug-likeness (QED) is 0.626. The minimum Gasteiger partial charge on any atom is -0.461 e. The molecule has 0 unspecified atom stereocenters. The van der Waals surface area contributed by atoms with Crippen molar-refractivity contribution in [2.45, 2.75) is 13.3 Å². The smallest absolute Gasteiger partial charge is 0.354 e. The molecule has 1 heterocycles. The van der Waals surface area contributed by atoms with Gasteiger partial charge >= 0.3 is 5.97 Å². The van der Waals surface area contributed by atoms with Gasteiger partial charge in [-0.2, -0.15) is 0 Å². The number of aryl methyl sites for hydroxylation is 1. The van der Waals surface area contributed by atoms with Crippen LogP contribution in [0.15, 0.2) is 24.3 Å². The van der Waals surface area contributed by atoms with E-state index in [1.165, 1.54) is 0 Å². The Kier molecular flexibility index (Phi) is 4.63. The van der Waals surface area contributed by atoms with E-state index >= 15 is 0 Å². The summed E-state index contributed by atoms with van der Waals surface area (Å²) in [6.07, 6.45) is 0.908. The van der Waals surface area contributed by atoms with Crippen LogP contribution < -0.4 is 11.1 Å². The van der Waals surface area contributed by atoms with Crippen LogP contribution in [0.3, 0.4) is 0 Å². The van der Waals surface area contributed by atoms with Crippen molar-refractivity contribution in [3.8, 4) is 0 Å². The molecule has 0 aliphatic heterocycles. The van der Waals surface area contributed by atoms with E-state index in [0.717, 1.165) is 29.6 Å². The Morgan fingerprint density at radius 2 is 2.25 bits per heavy atom. The summed E-state index contributed by atoms with van der Waals surface area (Å²) < 4.78 is 6.95. The topological polar surface area (TPSA) is 69.3 Å². The Morgan fingerprint density at radius 1 is 1.45 bits per heavy atom. The number of fused-ring (bicyclic) bond motifs is 1. The highest BCUT2D eigenvalue weighted by Crippen LogP contribution is 2.26. The fraction of sp³-hybridized carbons (Fsp3) is 0.400. The lowest BCUT2D eigenvalue weighted by atomic mass is 10.2. The second-order valence-corrected chi connectivity index (χ2v) is 4.62. The number of aromatic nitrogens is 1. The SMILES string of the molecule is CCOC(=O)c1cc2cccc(NCCCN)c2n1C. The zero-order valence-electron chi connectivity index (χ0n) is 12.0. The summed E-state index contributed by atoms with van der Waals surface area (Å²) >= 11 is 0. The Morgan fingerprint density at radius 3 is 2.95 bits per heavy atom. The molecule has 0 atom stereocenters. The molecule has 5 nitrogen and oxygen atoms in total. The summed E-state index contributed by atoms with van der Waals surface area (Å²) in [5.41, 5.74) is 8.09. The molecule has 1 aromatic heterocycles. The number of anilines is 1. The van der Waals surface area contributed by atoms with Crippen molar-refractivity contribution in [3.63, 3.8) is 0 Å². The van der Waals surface area contributed by atoms with E-state index in [9.17, 15) is 4.79 Å². The zero-order valence-corrected chi connectivity index (χ0v) is 12.0. The van der Waals surface area contributed by atoms with Crippen LogP contribution in [-0.4, -0.2) is 30.2 Å². The summed E-state index contributed by atoms with van der Waals surface area (Å²) in [6.45, 7) is 3.65. The van der Waals surface area contributed by atoms with Crippen LogP contribution in [0, 0.1) is 0 Å². The number of hydrogen-bond donors (Lipinski definition) is 2. The van der Waals surface area contributed by atoms with Crippen molar-refractivity contribution < 1.29 is 9.53 Å². The lowest BCUT2D eigenvalue weighted by molar-refractivity contribution is 0.0516. The lowest BCUT2D eigenvalue weighted by Gasteiger charge is -2.10. The number of esters is 1. The highest BCUT2D eigenvalue weighted by molar-refractivity contribution is 6.00. The van der Waals surface area contributed by atoms with Crippen molar-refractivity contribution in [2.24, 2.45) is 12.8 Å². The molecule has 2 rings (SSSR count). The number of rotatable bonds is 6. The van der Waals surface area contributed by atoms with E-state index in [1.54, 1.807) is 6.92 Å². The van der Waals surface area contributed by atoms with Gasteiger partial charge in [0.25, 0.3) is 0 Å². The summed E-state index contributed by atoms with van der Waals surface area (Å²) in [6, 6.07) is 7.84. The molecule has 0 aliphatic carbocycles. The highest BCUT2D eigenvalue weighted by atomic mass is 16.5. The van der Waals surface area contributed by atoms with Crippen LogP contribution in [0.1, 0.15) is 23.8 Å². The van der Waals surface area contributed by atoms with Gasteiger partial charge in [-0.25, -0.2) is 4.79 Å². The number of para-hydroxylation sites is 1. The Hall–Kier alpha value is -2.01. The minimum absolute atomic E-state index is 0.292. The standard InChI is InChI=1S/C15H21N3O2/c1-3-20-15(19)13-10-11-6-4-7-12(14(11)18(13)2)17-9-5-8-16/h4,6-7,10,17H,3,5,8-9,16H2,1-2H3. The van der Waals surface area contributed by atoms with Crippen LogP contribution in [0.4, 0.5) is 5.69 Å². The van der Waals surface area contributed by atoms with Gasteiger partial charge in [0.05, 0.1) is 17.8 Å². The van der Waals surface area contributed by atoms with E-state index in [2.05, 4.69) is 5.32 Å². The summed E-state index contributed by atoms with van der Waals surface area (Å²) in [5, 5.41) is 4.38. The lowest BCUT2D eigenvalue weighted by Crippen LogP contribution is -2.11. The van der Waals surface area contributed by atoms with Crippen molar-refractivity contribution in [1.82, 2.24) is 4.57 Å². The van der Waals surface area contributed by atoms with Crippen LogP contribution in [0.5, 0.6) is 0 Å². The molecule has 2 aromatic rings. The van der Waals surface area contributed by atoms with Gasteiger partial charge in [-0.1, -0.05) is 12.1 Å². The molecule has 0 aliphatic rings. The first kappa shape index (κ1) is 14.4. The van der Waals surface area contributed by atoms with Gasteiger partial charge in [-0.15, -0.1) is 0 Å². The average molecular weight is 275 g/mol. The van der Waals surface area contributed by atoms with Crippen LogP contribution in [0.2, 0.25) is 0 Å². The van der Waals surface area contributed by atoms with E-state index in [4.69, 9.17) is 10.5 Å². The monoisotopic (exact) mass is 275 g/mol. The van der Waals surface area contributed by atoms with Crippen LogP contribution in [0.25, 0.3) is 10.9 Å². The predicted octanol–water partition coefficient (Wildman–Crippen LogP) is 2.12. The molecule has 0 fully saturated rings. The maximum Gasteiger partial charge on any atom is 0.354 e. The minimum atomic E-state index is -0.292. The maximum atomic E-state index is 11.9. The van der Waals surface area contributed by atoms with Gasteiger partial charge in [0.15, 0.2) is 0 Å². The Labute approximate surface area is 118 Å². The van der Waals surface area contributed by atoms with E-state index < -0.39 is 0 Å². The second kappa shape index (κ2) is 6.43. The van der Waals surface area contributed by atoms with Gasteiger partial charge in [-0.05, 0) is 32.0 Å². The molecular weight excluding hydrogens is 254 g/mol. The predicted molar refractivity (Wildman–Crippen MR) is 81.0 cm³/mol. The fourth-order valence-corrected chi connectivity index (χ4v) is 2.29. The van der Waals surface area contributed by atoms with Gasteiger partial charge in [0, 0.05) is 19.0 Å². The third-order valence-corrected chi connectivity index (χ3v) is 3.24. The normalized spacial score (nSPS) is 10.8. The molecule has 0 spiro atoms. The summed E-state index contributed by atoms with van der Waals surface area (Å²) in [7, 11) is 1.88. The van der Waals surface area contributed by atoms with Crippen molar-refractivity contribution >= 4 is 22.6 Å². The molecule has 0 amide bonds. The average Bonchev–Trinajstić information content (AvgIpc) is 2.78. The number of hydrogen-bond acceptors (Lipinski definition) is 4. The molecule has 108 valence electrons. The number of nitrogens with one attached hydrogen (secondary N) is 1. The van der Waals surface area contributed by atoms with Crippen molar-refractivity contribution in [2.75, 3.05) is 25.0 Å². The van der Waals surface area contributed by atoms with Gasteiger partial charge in [-0.3, -0.25) is 0 Å². The molecule has 3 N–H and O–H groups in total. The van der Waals surface area contributed by atoms with Crippen LogP contribution in [-0.2, 0) is 11.8 Å². The number of nitrogens with zero attached hydrogens (tertiary/aromatic N) is 1. The maximum absolute atomic E-state index is 11.9. The second-order valence-electron chi connectivity index (χ2n) is 4.62.